The van der Waals surface area contributed by atoms with Crippen LogP contribution < -0.4 is 20.1 Å². The second-order valence-corrected chi connectivity index (χ2v) is 7.48. The Bertz CT molecular complexity index is 778. The van der Waals surface area contributed by atoms with Gasteiger partial charge in [-0.3, -0.25) is 4.79 Å². The van der Waals surface area contributed by atoms with E-state index >= 15 is 0 Å². The molecule has 0 saturated heterocycles. The molecule has 0 aliphatic carbocycles. The average molecular weight is 435 g/mol. The van der Waals surface area contributed by atoms with Gasteiger partial charge in [0.1, 0.15) is 0 Å². The van der Waals surface area contributed by atoms with Crippen LogP contribution in [0.3, 0.4) is 0 Å². The van der Waals surface area contributed by atoms with Crippen molar-refractivity contribution in [2.24, 2.45) is 5.92 Å². The SMILES string of the molecule is CCOc1c(Br)cc(CNc2cccc(NC(=O)CC(C)C)c2)cc1OC. The number of benzene rings is 2. The lowest BCUT2D eigenvalue weighted by molar-refractivity contribution is -0.116. The first kappa shape index (κ1) is 21.1. The van der Waals surface area contributed by atoms with Crippen molar-refractivity contribution in [2.75, 3.05) is 24.4 Å². The van der Waals surface area contributed by atoms with Crippen molar-refractivity contribution in [2.45, 2.75) is 33.7 Å². The number of carbonyl (C=O) groups excluding carboxylic acids is 1. The smallest absolute Gasteiger partial charge is 0.224 e. The lowest BCUT2D eigenvalue weighted by Gasteiger charge is -2.14. The Morgan fingerprint density at radius 1 is 1.19 bits per heavy atom. The van der Waals surface area contributed by atoms with Crippen LogP contribution in [0, 0.1) is 5.92 Å². The molecule has 0 unspecified atom stereocenters. The van der Waals surface area contributed by atoms with Gasteiger partial charge in [-0.05, 0) is 64.7 Å². The predicted molar refractivity (Wildman–Crippen MR) is 114 cm³/mol. The van der Waals surface area contributed by atoms with Crippen molar-refractivity contribution in [3.05, 3.63) is 46.4 Å². The van der Waals surface area contributed by atoms with Crippen LogP contribution in [-0.2, 0) is 11.3 Å². The van der Waals surface area contributed by atoms with Crippen LogP contribution in [0.4, 0.5) is 11.4 Å². The summed E-state index contributed by atoms with van der Waals surface area (Å²) in [6, 6.07) is 11.7. The number of nitrogens with one attached hydrogen (secondary N) is 2. The molecule has 146 valence electrons. The highest BCUT2D eigenvalue weighted by molar-refractivity contribution is 9.10. The monoisotopic (exact) mass is 434 g/mol. The summed E-state index contributed by atoms with van der Waals surface area (Å²) in [5, 5.41) is 6.31. The minimum atomic E-state index is 0.0299. The lowest BCUT2D eigenvalue weighted by Crippen LogP contribution is -2.13. The molecule has 0 saturated carbocycles. The van der Waals surface area contributed by atoms with Gasteiger partial charge in [-0.2, -0.15) is 0 Å². The van der Waals surface area contributed by atoms with E-state index in [-0.39, 0.29) is 5.91 Å². The van der Waals surface area contributed by atoms with Gasteiger partial charge >= 0.3 is 0 Å². The van der Waals surface area contributed by atoms with E-state index in [1.165, 1.54) is 0 Å². The minimum Gasteiger partial charge on any atom is -0.493 e. The standard InChI is InChI=1S/C21H27BrN2O3/c1-5-27-21-18(22)10-15(11-19(21)26-4)13-23-16-7-6-8-17(12-16)24-20(25)9-14(2)3/h6-8,10-12,14,23H,5,9,13H2,1-4H3,(H,24,25). The maximum atomic E-state index is 11.9. The van der Waals surface area contributed by atoms with Crippen molar-refractivity contribution >= 4 is 33.2 Å². The highest BCUT2D eigenvalue weighted by Crippen LogP contribution is 2.36. The Kier molecular flexibility index (Phi) is 7.98. The zero-order chi connectivity index (χ0) is 19.8. The van der Waals surface area contributed by atoms with Crippen molar-refractivity contribution in [3.63, 3.8) is 0 Å². The highest BCUT2D eigenvalue weighted by Gasteiger charge is 2.11. The Hall–Kier alpha value is -2.21. The summed E-state index contributed by atoms with van der Waals surface area (Å²) in [6.07, 6.45) is 0.512. The molecule has 2 aromatic rings. The number of amides is 1. The van der Waals surface area contributed by atoms with Crippen molar-refractivity contribution in [1.29, 1.82) is 0 Å². The van der Waals surface area contributed by atoms with Crippen LogP contribution in [0.25, 0.3) is 0 Å². The van der Waals surface area contributed by atoms with E-state index < -0.39 is 0 Å². The molecule has 0 aliphatic rings. The van der Waals surface area contributed by atoms with Gasteiger partial charge in [-0.25, -0.2) is 0 Å². The number of hydrogen-bond acceptors (Lipinski definition) is 4. The van der Waals surface area contributed by atoms with E-state index in [9.17, 15) is 4.79 Å². The van der Waals surface area contributed by atoms with Crippen LogP contribution >= 0.6 is 15.9 Å². The molecule has 2 N–H and O–H groups in total. The first-order valence-electron chi connectivity index (χ1n) is 9.06. The van der Waals surface area contributed by atoms with Gasteiger partial charge in [-0.1, -0.05) is 19.9 Å². The number of halogens is 1. The van der Waals surface area contributed by atoms with Crippen LogP contribution in [0.2, 0.25) is 0 Å². The third-order valence-electron chi connectivity index (χ3n) is 3.81. The van der Waals surface area contributed by atoms with E-state index in [1.807, 2.05) is 57.2 Å². The lowest BCUT2D eigenvalue weighted by atomic mass is 10.1. The predicted octanol–water partition coefficient (Wildman–Crippen LogP) is 5.45. The van der Waals surface area contributed by atoms with Crippen LogP contribution in [0.15, 0.2) is 40.9 Å². The fourth-order valence-corrected chi connectivity index (χ4v) is 3.26. The maximum Gasteiger partial charge on any atom is 0.224 e. The molecule has 0 atom stereocenters. The Morgan fingerprint density at radius 2 is 1.93 bits per heavy atom. The maximum absolute atomic E-state index is 11.9. The quantitative estimate of drug-likeness (QED) is 0.550. The number of anilines is 2. The number of rotatable bonds is 9. The third kappa shape index (κ3) is 6.47. The molecule has 0 aliphatic heterocycles. The molecule has 0 aromatic heterocycles. The highest BCUT2D eigenvalue weighted by atomic mass is 79.9. The Morgan fingerprint density at radius 3 is 2.59 bits per heavy atom. The Labute approximate surface area is 169 Å². The van der Waals surface area contributed by atoms with Gasteiger partial charge in [0.25, 0.3) is 0 Å². The number of methoxy groups -OCH3 is 1. The average Bonchev–Trinajstić information content (AvgIpc) is 2.61. The normalized spacial score (nSPS) is 10.6. The molecule has 0 fully saturated rings. The van der Waals surface area contributed by atoms with Crippen LogP contribution in [0.5, 0.6) is 11.5 Å². The molecule has 5 nitrogen and oxygen atoms in total. The number of carbonyl (C=O) groups is 1. The fourth-order valence-electron chi connectivity index (χ4n) is 2.65. The molecule has 0 spiro atoms. The first-order chi connectivity index (χ1) is 12.9. The van der Waals surface area contributed by atoms with Gasteiger partial charge in [0.15, 0.2) is 11.5 Å². The zero-order valence-corrected chi connectivity index (χ0v) is 17.9. The summed E-state index contributed by atoms with van der Waals surface area (Å²) in [4.78, 5) is 11.9. The van der Waals surface area contributed by atoms with Gasteiger partial charge in [0.2, 0.25) is 5.91 Å². The first-order valence-corrected chi connectivity index (χ1v) is 9.85. The molecule has 2 rings (SSSR count). The summed E-state index contributed by atoms with van der Waals surface area (Å²) in [5.74, 6) is 1.76. The molecule has 0 radical (unpaired) electrons. The Balaban J connectivity index is 2.05. The largest absolute Gasteiger partial charge is 0.493 e. The van der Waals surface area contributed by atoms with Crippen LogP contribution in [-0.4, -0.2) is 19.6 Å². The second-order valence-electron chi connectivity index (χ2n) is 6.62. The summed E-state index contributed by atoms with van der Waals surface area (Å²) in [7, 11) is 1.63. The van der Waals surface area contributed by atoms with Crippen molar-refractivity contribution in [1.82, 2.24) is 0 Å². The second kappa shape index (κ2) is 10.2. The molecule has 1 amide bonds. The van der Waals surface area contributed by atoms with E-state index in [0.717, 1.165) is 21.4 Å². The molecular weight excluding hydrogens is 408 g/mol. The summed E-state index contributed by atoms with van der Waals surface area (Å²) >= 11 is 3.54. The van der Waals surface area contributed by atoms with Gasteiger partial charge < -0.3 is 20.1 Å². The van der Waals surface area contributed by atoms with Gasteiger partial charge in [-0.15, -0.1) is 0 Å². The van der Waals surface area contributed by atoms with E-state index in [1.54, 1.807) is 7.11 Å². The van der Waals surface area contributed by atoms with Crippen molar-refractivity contribution < 1.29 is 14.3 Å². The van der Waals surface area contributed by atoms with Gasteiger partial charge in [0, 0.05) is 24.3 Å². The van der Waals surface area contributed by atoms with Crippen molar-refractivity contribution in [3.8, 4) is 11.5 Å². The molecular formula is C21H27BrN2O3. The fraction of sp³-hybridized carbons (Fsp3) is 0.381. The minimum absolute atomic E-state index is 0.0299. The number of hydrogen-bond donors (Lipinski definition) is 2. The third-order valence-corrected chi connectivity index (χ3v) is 4.40. The summed E-state index contributed by atoms with van der Waals surface area (Å²) in [6.45, 7) is 7.18. The van der Waals surface area contributed by atoms with E-state index in [0.29, 0.717) is 37.0 Å². The zero-order valence-electron chi connectivity index (χ0n) is 16.3. The molecule has 0 bridgehead atoms. The summed E-state index contributed by atoms with van der Waals surface area (Å²) in [5.41, 5.74) is 2.77. The van der Waals surface area contributed by atoms with Crippen LogP contribution in [0.1, 0.15) is 32.8 Å². The molecule has 27 heavy (non-hydrogen) atoms. The number of ether oxygens (including phenoxy) is 2. The molecule has 2 aromatic carbocycles. The van der Waals surface area contributed by atoms with E-state index in [2.05, 4.69) is 26.6 Å². The molecule has 0 heterocycles. The van der Waals surface area contributed by atoms with Gasteiger partial charge in [0.05, 0.1) is 18.2 Å². The molecule has 6 heteroatoms. The topological polar surface area (TPSA) is 59.6 Å². The summed E-state index contributed by atoms with van der Waals surface area (Å²) < 4.78 is 11.9. The van der Waals surface area contributed by atoms with E-state index in [4.69, 9.17) is 9.47 Å².